The minimum Gasteiger partial charge on any atom is -0.297 e. The van der Waals surface area contributed by atoms with Crippen molar-refractivity contribution in [3.8, 4) is 0 Å². The fraction of sp³-hybridized carbons (Fsp3) is 0.333. The Labute approximate surface area is 159 Å². The molecule has 0 N–H and O–H groups in total. The lowest BCUT2D eigenvalue weighted by Crippen LogP contribution is -2.34. The summed E-state index contributed by atoms with van der Waals surface area (Å²) in [5.74, 6) is 0. The molecule has 0 unspecified atom stereocenters. The number of pyridine rings is 1. The predicted molar refractivity (Wildman–Crippen MR) is 114 cm³/mol. The molecule has 2 heterocycles. The molecule has 2 aromatic heterocycles. The van der Waals surface area contributed by atoms with E-state index in [9.17, 15) is 4.79 Å². The first-order valence-electron chi connectivity index (χ1n) is 9.40. The molecular weight excluding hydrogens is 332 g/mol. The first-order chi connectivity index (χ1) is 12.6. The van der Waals surface area contributed by atoms with E-state index in [1.54, 1.807) is 6.08 Å². The van der Waals surface area contributed by atoms with E-state index in [4.69, 9.17) is 0 Å². The van der Waals surface area contributed by atoms with Crippen molar-refractivity contribution in [1.82, 2.24) is 9.38 Å². The SMILES string of the molecule is C=C/C=c1\c(=C)c2nc(=O)c3c(n2c2ccc(C)cc12)C(C)(C)CC3(C)C. The van der Waals surface area contributed by atoms with Crippen LogP contribution in [0.4, 0.5) is 0 Å². The van der Waals surface area contributed by atoms with Crippen molar-refractivity contribution in [3.63, 3.8) is 0 Å². The average Bonchev–Trinajstić information content (AvgIpc) is 2.76. The second-order valence-corrected chi connectivity index (χ2v) is 9.06. The molecule has 0 radical (unpaired) electrons. The van der Waals surface area contributed by atoms with E-state index in [0.29, 0.717) is 5.65 Å². The van der Waals surface area contributed by atoms with E-state index in [-0.39, 0.29) is 16.4 Å². The Kier molecular flexibility index (Phi) is 3.55. The van der Waals surface area contributed by atoms with Gasteiger partial charge in [0.05, 0.1) is 5.52 Å². The van der Waals surface area contributed by atoms with Crippen molar-refractivity contribution in [2.45, 2.75) is 51.9 Å². The van der Waals surface area contributed by atoms with Gasteiger partial charge in [0.2, 0.25) is 0 Å². The van der Waals surface area contributed by atoms with Crippen LogP contribution in [0, 0.1) is 6.92 Å². The molecule has 0 bridgehead atoms. The molecule has 0 amide bonds. The molecule has 1 aliphatic rings. The molecule has 138 valence electrons. The van der Waals surface area contributed by atoms with Gasteiger partial charge in [-0.2, -0.15) is 4.98 Å². The molecule has 1 aliphatic carbocycles. The topological polar surface area (TPSA) is 34.4 Å². The molecule has 0 spiro atoms. The standard InChI is InChI=1S/C24H26N2O/c1-8-9-16-15(3)21-25-22(27)19-20(24(6,7)13-23(19,4)5)26(21)18-11-10-14(2)12-17(16)18/h8-12H,1,3,13H2,2,4-7H3/b16-9+. The van der Waals surface area contributed by atoms with E-state index >= 15 is 0 Å². The van der Waals surface area contributed by atoms with Crippen LogP contribution >= 0.6 is 0 Å². The summed E-state index contributed by atoms with van der Waals surface area (Å²) in [4.78, 5) is 17.6. The third-order valence-corrected chi connectivity index (χ3v) is 5.86. The molecule has 0 fully saturated rings. The normalized spacial score (nSPS) is 18.2. The van der Waals surface area contributed by atoms with E-state index in [1.807, 2.05) is 6.08 Å². The number of aryl methyl sites for hydroxylation is 1. The van der Waals surface area contributed by atoms with Gasteiger partial charge in [0.1, 0.15) is 5.65 Å². The molecule has 0 atom stereocenters. The minimum atomic E-state index is -0.200. The van der Waals surface area contributed by atoms with Crippen molar-refractivity contribution >= 4 is 29.2 Å². The quantitative estimate of drug-likeness (QED) is 0.624. The summed E-state index contributed by atoms with van der Waals surface area (Å²) < 4.78 is 2.18. The number of hydrogen-bond donors (Lipinski definition) is 0. The highest BCUT2D eigenvalue weighted by Crippen LogP contribution is 2.47. The number of hydrogen-bond acceptors (Lipinski definition) is 2. The lowest BCUT2D eigenvalue weighted by Gasteiger charge is -2.23. The summed E-state index contributed by atoms with van der Waals surface area (Å²) >= 11 is 0. The maximum Gasteiger partial charge on any atom is 0.277 e. The van der Waals surface area contributed by atoms with Crippen LogP contribution in [0.3, 0.4) is 0 Å². The minimum absolute atomic E-state index is 0.124. The van der Waals surface area contributed by atoms with Crippen molar-refractivity contribution in [1.29, 1.82) is 0 Å². The second-order valence-electron chi connectivity index (χ2n) is 9.06. The third kappa shape index (κ3) is 2.34. The van der Waals surface area contributed by atoms with Gasteiger partial charge in [-0.1, -0.05) is 64.6 Å². The van der Waals surface area contributed by atoms with Gasteiger partial charge in [0.25, 0.3) is 5.56 Å². The lowest BCUT2D eigenvalue weighted by atomic mass is 9.82. The monoisotopic (exact) mass is 358 g/mol. The zero-order valence-corrected chi connectivity index (χ0v) is 16.8. The number of benzene rings is 1. The number of aromatic nitrogens is 2. The maximum atomic E-state index is 13.1. The Morgan fingerprint density at radius 3 is 2.56 bits per heavy atom. The molecule has 1 aromatic carbocycles. The molecular formula is C24H26N2O. The maximum absolute atomic E-state index is 13.1. The largest absolute Gasteiger partial charge is 0.297 e. The van der Waals surface area contributed by atoms with Gasteiger partial charge < -0.3 is 0 Å². The highest BCUT2D eigenvalue weighted by atomic mass is 16.1. The van der Waals surface area contributed by atoms with E-state index in [0.717, 1.165) is 39.0 Å². The van der Waals surface area contributed by atoms with Crippen molar-refractivity contribution in [2.75, 3.05) is 0 Å². The molecule has 0 saturated carbocycles. The predicted octanol–water partition coefficient (Wildman–Crippen LogP) is 3.49. The molecule has 4 rings (SSSR count). The van der Waals surface area contributed by atoms with Crippen LogP contribution in [0.1, 0.15) is 50.9 Å². The Morgan fingerprint density at radius 2 is 1.89 bits per heavy atom. The highest BCUT2D eigenvalue weighted by molar-refractivity contribution is 5.85. The van der Waals surface area contributed by atoms with Crippen LogP contribution in [0.5, 0.6) is 0 Å². The van der Waals surface area contributed by atoms with Gasteiger partial charge >= 0.3 is 0 Å². The first kappa shape index (κ1) is 17.7. The van der Waals surface area contributed by atoms with Crippen LogP contribution < -0.4 is 16.0 Å². The Hall–Kier alpha value is -2.68. The van der Waals surface area contributed by atoms with Gasteiger partial charge in [0.15, 0.2) is 0 Å². The third-order valence-electron chi connectivity index (χ3n) is 5.86. The summed E-state index contributed by atoms with van der Waals surface area (Å²) in [5, 5.41) is 2.86. The summed E-state index contributed by atoms with van der Waals surface area (Å²) in [6.07, 6.45) is 4.64. The van der Waals surface area contributed by atoms with Crippen LogP contribution in [-0.2, 0) is 10.8 Å². The number of allylic oxidation sites excluding steroid dienone is 1. The summed E-state index contributed by atoms with van der Waals surface area (Å²) in [7, 11) is 0. The zero-order valence-electron chi connectivity index (χ0n) is 16.8. The lowest BCUT2D eigenvalue weighted by molar-refractivity contribution is 0.398. The van der Waals surface area contributed by atoms with Crippen LogP contribution in [0.15, 0.2) is 35.6 Å². The van der Waals surface area contributed by atoms with Crippen LogP contribution in [0.2, 0.25) is 0 Å². The van der Waals surface area contributed by atoms with Crippen molar-refractivity contribution in [3.05, 3.63) is 68.5 Å². The van der Waals surface area contributed by atoms with E-state index < -0.39 is 0 Å². The second kappa shape index (κ2) is 5.41. The Balaban J connectivity index is 2.43. The smallest absolute Gasteiger partial charge is 0.277 e. The van der Waals surface area contributed by atoms with Crippen LogP contribution in [0.25, 0.3) is 29.2 Å². The van der Waals surface area contributed by atoms with Gasteiger partial charge in [-0.15, -0.1) is 0 Å². The van der Waals surface area contributed by atoms with Gasteiger partial charge in [-0.25, -0.2) is 0 Å². The number of nitrogens with zero attached hydrogens (tertiary/aromatic N) is 2. The molecule has 27 heavy (non-hydrogen) atoms. The highest BCUT2D eigenvalue weighted by Gasteiger charge is 2.46. The summed E-state index contributed by atoms with van der Waals surface area (Å²) in [6.45, 7) is 19.0. The fourth-order valence-electron chi connectivity index (χ4n) is 5.14. The van der Waals surface area contributed by atoms with Gasteiger partial charge in [-0.05, 0) is 36.1 Å². The number of fused-ring (bicyclic) bond motifs is 5. The van der Waals surface area contributed by atoms with Crippen molar-refractivity contribution < 1.29 is 0 Å². The molecule has 3 nitrogen and oxygen atoms in total. The Bertz CT molecular complexity index is 1310. The molecule has 0 aliphatic heterocycles. The van der Waals surface area contributed by atoms with Crippen molar-refractivity contribution in [2.24, 2.45) is 0 Å². The van der Waals surface area contributed by atoms with E-state index in [1.165, 1.54) is 5.56 Å². The van der Waals surface area contributed by atoms with Gasteiger partial charge in [-0.3, -0.25) is 9.20 Å². The first-order valence-corrected chi connectivity index (χ1v) is 9.40. The summed E-state index contributed by atoms with van der Waals surface area (Å²) in [5.41, 5.74) is 4.36. The molecule has 3 heteroatoms. The average molecular weight is 358 g/mol. The fourth-order valence-corrected chi connectivity index (χ4v) is 5.14. The molecule has 3 aromatic rings. The number of rotatable bonds is 1. The van der Waals surface area contributed by atoms with Crippen LogP contribution in [-0.4, -0.2) is 9.38 Å². The summed E-state index contributed by atoms with van der Waals surface area (Å²) in [6, 6.07) is 6.42. The van der Waals surface area contributed by atoms with Gasteiger partial charge in [0, 0.05) is 27.3 Å². The Morgan fingerprint density at radius 1 is 1.19 bits per heavy atom. The molecule has 0 saturated heterocycles. The van der Waals surface area contributed by atoms with E-state index in [2.05, 4.69) is 75.4 Å². The zero-order chi connectivity index (χ0) is 19.7.